The number of rotatable bonds is 11. The molecule has 0 radical (unpaired) electrons. The minimum atomic E-state index is 0.249. The molecular formula is C26H38O2. The third kappa shape index (κ3) is 6.02. The second-order valence-electron chi connectivity index (χ2n) is 8.35. The van der Waals surface area contributed by atoms with Gasteiger partial charge < -0.3 is 10.2 Å². The maximum absolute atomic E-state index is 10.6. The van der Waals surface area contributed by atoms with Crippen LogP contribution in [0, 0.1) is 0 Å². The van der Waals surface area contributed by atoms with Gasteiger partial charge in [-0.2, -0.15) is 0 Å². The highest BCUT2D eigenvalue weighted by molar-refractivity contribution is 5.76. The Labute approximate surface area is 171 Å². The van der Waals surface area contributed by atoms with Crippen molar-refractivity contribution in [3.05, 3.63) is 47.5 Å². The Morgan fingerprint density at radius 3 is 1.36 bits per heavy atom. The predicted octanol–water partition coefficient (Wildman–Crippen LogP) is 8.13. The second kappa shape index (κ2) is 11.1. The van der Waals surface area contributed by atoms with Crippen molar-refractivity contribution in [2.24, 2.45) is 0 Å². The highest BCUT2D eigenvalue weighted by Gasteiger charge is 2.14. The minimum Gasteiger partial charge on any atom is -0.507 e. The molecule has 0 fully saturated rings. The molecule has 28 heavy (non-hydrogen) atoms. The molecule has 0 spiro atoms. The van der Waals surface area contributed by atoms with Gasteiger partial charge in [0.15, 0.2) is 0 Å². The molecule has 2 nitrogen and oxygen atoms in total. The van der Waals surface area contributed by atoms with Crippen molar-refractivity contribution in [3.63, 3.8) is 0 Å². The van der Waals surface area contributed by atoms with Gasteiger partial charge in [-0.1, -0.05) is 90.5 Å². The smallest absolute Gasteiger partial charge is 0.123 e. The van der Waals surface area contributed by atoms with Crippen LogP contribution in [0.4, 0.5) is 0 Å². The van der Waals surface area contributed by atoms with Crippen molar-refractivity contribution in [2.45, 2.75) is 90.9 Å². The zero-order valence-corrected chi connectivity index (χ0v) is 18.2. The van der Waals surface area contributed by atoms with Crippen LogP contribution in [0.2, 0.25) is 0 Å². The number of hydrogen-bond donors (Lipinski definition) is 2. The van der Waals surface area contributed by atoms with Crippen molar-refractivity contribution in [1.82, 2.24) is 0 Å². The first-order valence-corrected chi connectivity index (χ1v) is 11.1. The van der Waals surface area contributed by atoms with Gasteiger partial charge in [-0.25, -0.2) is 0 Å². The largest absolute Gasteiger partial charge is 0.507 e. The average molecular weight is 383 g/mol. The zero-order valence-electron chi connectivity index (χ0n) is 18.2. The fourth-order valence-corrected chi connectivity index (χ4v) is 3.90. The molecule has 0 heterocycles. The second-order valence-corrected chi connectivity index (χ2v) is 8.35. The Hall–Kier alpha value is -1.96. The average Bonchev–Trinajstić information content (AvgIpc) is 2.68. The van der Waals surface area contributed by atoms with E-state index in [0.717, 1.165) is 24.0 Å². The molecule has 0 amide bonds. The van der Waals surface area contributed by atoms with E-state index >= 15 is 0 Å². The molecule has 154 valence electrons. The van der Waals surface area contributed by atoms with E-state index in [1.807, 2.05) is 24.3 Å². The van der Waals surface area contributed by atoms with Crippen LogP contribution in [-0.4, -0.2) is 10.2 Å². The van der Waals surface area contributed by atoms with E-state index in [0.29, 0.717) is 23.0 Å². The fourth-order valence-electron chi connectivity index (χ4n) is 3.90. The number of aromatic hydroxyl groups is 2. The van der Waals surface area contributed by atoms with E-state index in [1.54, 1.807) is 0 Å². The van der Waals surface area contributed by atoms with Crippen LogP contribution in [-0.2, 0) is 0 Å². The van der Waals surface area contributed by atoms with Gasteiger partial charge in [0.2, 0.25) is 0 Å². The predicted molar refractivity (Wildman–Crippen MR) is 120 cm³/mol. The lowest BCUT2D eigenvalue weighted by atomic mass is 9.90. The molecular weight excluding hydrogens is 344 g/mol. The first-order chi connectivity index (χ1) is 13.5. The molecule has 2 unspecified atom stereocenters. The van der Waals surface area contributed by atoms with Gasteiger partial charge in [0, 0.05) is 11.1 Å². The molecule has 0 saturated heterocycles. The Kier molecular flexibility index (Phi) is 8.89. The monoisotopic (exact) mass is 382 g/mol. The SMILES string of the molecule is CCCCCC(C)c1ccc(-c2ccc(C(C)CCCCC)cc2O)c(O)c1. The van der Waals surface area contributed by atoms with E-state index in [2.05, 4.69) is 39.8 Å². The molecule has 0 aliphatic carbocycles. The van der Waals surface area contributed by atoms with Gasteiger partial charge in [0.05, 0.1) is 0 Å². The van der Waals surface area contributed by atoms with Crippen LogP contribution in [0.5, 0.6) is 11.5 Å². The van der Waals surface area contributed by atoms with Gasteiger partial charge in [0.25, 0.3) is 0 Å². The van der Waals surface area contributed by atoms with Crippen LogP contribution < -0.4 is 0 Å². The molecule has 2 atom stereocenters. The summed E-state index contributed by atoms with van der Waals surface area (Å²) >= 11 is 0. The van der Waals surface area contributed by atoms with Crippen molar-refractivity contribution in [1.29, 1.82) is 0 Å². The lowest BCUT2D eigenvalue weighted by Crippen LogP contribution is -1.96. The molecule has 0 aromatic heterocycles. The first kappa shape index (κ1) is 22.3. The number of hydrogen-bond acceptors (Lipinski definition) is 2. The summed E-state index contributed by atoms with van der Waals surface area (Å²) in [5.41, 5.74) is 3.73. The van der Waals surface area contributed by atoms with Crippen molar-refractivity contribution in [2.75, 3.05) is 0 Å². The summed E-state index contributed by atoms with van der Waals surface area (Å²) < 4.78 is 0. The van der Waals surface area contributed by atoms with Crippen molar-refractivity contribution in [3.8, 4) is 22.6 Å². The van der Waals surface area contributed by atoms with E-state index < -0.39 is 0 Å². The molecule has 2 heteroatoms. The summed E-state index contributed by atoms with van der Waals surface area (Å²) in [6.45, 7) is 8.87. The standard InChI is InChI=1S/C26H38O2/c1-5-7-9-11-19(3)21-13-15-23(25(27)17-21)24-16-14-22(18-26(24)28)20(4)12-10-8-6-2/h13-20,27-28H,5-12H2,1-4H3. The van der Waals surface area contributed by atoms with E-state index in [-0.39, 0.29) is 11.5 Å². The summed E-state index contributed by atoms with van der Waals surface area (Å²) in [6.07, 6.45) is 9.69. The van der Waals surface area contributed by atoms with E-state index in [1.165, 1.54) is 38.5 Å². The molecule has 2 rings (SSSR count). The van der Waals surface area contributed by atoms with Crippen LogP contribution in [0.15, 0.2) is 36.4 Å². The van der Waals surface area contributed by atoms with Gasteiger partial charge in [-0.3, -0.25) is 0 Å². The highest BCUT2D eigenvalue weighted by Crippen LogP contribution is 2.39. The lowest BCUT2D eigenvalue weighted by Gasteiger charge is -2.16. The first-order valence-electron chi connectivity index (χ1n) is 11.1. The summed E-state index contributed by atoms with van der Waals surface area (Å²) in [5.74, 6) is 1.37. The van der Waals surface area contributed by atoms with Crippen LogP contribution in [0.25, 0.3) is 11.1 Å². The molecule has 2 aromatic carbocycles. The van der Waals surface area contributed by atoms with Gasteiger partial charge in [-0.15, -0.1) is 0 Å². The third-order valence-corrected chi connectivity index (χ3v) is 5.95. The molecule has 0 aliphatic rings. The summed E-state index contributed by atoms with van der Waals surface area (Å²) in [7, 11) is 0. The number of phenolic OH excluding ortho intramolecular Hbond substituents is 2. The molecule has 0 aliphatic heterocycles. The zero-order chi connectivity index (χ0) is 20.5. The van der Waals surface area contributed by atoms with E-state index in [9.17, 15) is 10.2 Å². The van der Waals surface area contributed by atoms with Gasteiger partial charge >= 0.3 is 0 Å². The van der Waals surface area contributed by atoms with Crippen LogP contribution in [0.1, 0.15) is 102 Å². The normalized spacial score (nSPS) is 13.4. The van der Waals surface area contributed by atoms with Crippen LogP contribution in [0.3, 0.4) is 0 Å². The fraction of sp³-hybridized carbons (Fsp3) is 0.538. The Bertz CT molecular complexity index is 672. The van der Waals surface area contributed by atoms with Crippen molar-refractivity contribution >= 4 is 0 Å². The Balaban J connectivity index is 2.14. The highest BCUT2D eigenvalue weighted by atomic mass is 16.3. The van der Waals surface area contributed by atoms with Crippen molar-refractivity contribution < 1.29 is 10.2 Å². The lowest BCUT2D eigenvalue weighted by molar-refractivity contribution is 0.467. The topological polar surface area (TPSA) is 40.5 Å². The molecule has 2 N–H and O–H groups in total. The maximum atomic E-state index is 10.6. The maximum Gasteiger partial charge on any atom is 0.123 e. The summed E-state index contributed by atoms with van der Waals surface area (Å²) in [5, 5.41) is 21.2. The number of unbranched alkanes of at least 4 members (excludes halogenated alkanes) is 4. The quantitative estimate of drug-likeness (QED) is 0.385. The molecule has 0 saturated carbocycles. The third-order valence-electron chi connectivity index (χ3n) is 5.95. The summed E-state index contributed by atoms with van der Waals surface area (Å²) in [4.78, 5) is 0. The minimum absolute atomic E-state index is 0.249. The number of phenols is 2. The Morgan fingerprint density at radius 2 is 1.04 bits per heavy atom. The summed E-state index contributed by atoms with van der Waals surface area (Å²) in [6, 6.07) is 11.8. The van der Waals surface area contributed by atoms with Gasteiger partial charge in [-0.05, 0) is 47.9 Å². The molecule has 0 bridgehead atoms. The van der Waals surface area contributed by atoms with Crippen LogP contribution >= 0.6 is 0 Å². The van der Waals surface area contributed by atoms with E-state index in [4.69, 9.17) is 0 Å². The Morgan fingerprint density at radius 1 is 0.643 bits per heavy atom. The number of benzene rings is 2. The molecule has 2 aromatic rings. The van der Waals surface area contributed by atoms with Gasteiger partial charge in [0.1, 0.15) is 11.5 Å².